The van der Waals surface area contributed by atoms with E-state index in [-0.39, 0.29) is 10.6 Å². The molecular formula is C11H7ClN2O3. The Morgan fingerprint density at radius 1 is 1.47 bits per heavy atom. The van der Waals surface area contributed by atoms with Crippen LogP contribution >= 0.6 is 11.6 Å². The molecule has 0 aliphatic rings. The number of carbonyl (C=O) groups is 2. The standard InChI is InChI=1S/C11H7ClN2O3/c12-8-2-1-6-3-7(14-5-15)4-13-10(6)9(8)11(16)17/h1-5H,(H,14,15)(H,16,17). The smallest absolute Gasteiger partial charge is 0.339 e. The minimum absolute atomic E-state index is 0.0400. The minimum Gasteiger partial charge on any atom is -0.478 e. The van der Waals surface area contributed by atoms with E-state index in [0.29, 0.717) is 23.0 Å². The minimum atomic E-state index is -1.14. The molecule has 0 spiro atoms. The number of benzene rings is 1. The Labute approximate surface area is 101 Å². The molecule has 0 aliphatic heterocycles. The SMILES string of the molecule is O=CNc1cnc2c(C(=O)O)c(Cl)ccc2c1. The number of carboxylic acids is 1. The lowest BCUT2D eigenvalue weighted by Gasteiger charge is -2.05. The summed E-state index contributed by atoms with van der Waals surface area (Å²) in [5.41, 5.74) is 0.745. The molecule has 1 aromatic carbocycles. The van der Waals surface area contributed by atoms with Gasteiger partial charge in [0, 0.05) is 5.39 Å². The average Bonchev–Trinajstić information content (AvgIpc) is 2.29. The van der Waals surface area contributed by atoms with Crippen LogP contribution in [0.4, 0.5) is 5.69 Å². The first-order valence-corrected chi connectivity index (χ1v) is 5.03. The van der Waals surface area contributed by atoms with E-state index in [4.69, 9.17) is 16.7 Å². The maximum Gasteiger partial charge on any atom is 0.339 e. The van der Waals surface area contributed by atoms with Gasteiger partial charge in [-0.15, -0.1) is 0 Å². The zero-order valence-corrected chi connectivity index (χ0v) is 9.23. The topological polar surface area (TPSA) is 79.3 Å². The molecule has 1 heterocycles. The second-order valence-electron chi connectivity index (χ2n) is 3.29. The van der Waals surface area contributed by atoms with E-state index in [2.05, 4.69) is 10.3 Å². The van der Waals surface area contributed by atoms with Gasteiger partial charge in [-0.05, 0) is 12.1 Å². The maximum absolute atomic E-state index is 11.1. The molecule has 0 radical (unpaired) electrons. The highest BCUT2D eigenvalue weighted by atomic mass is 35.5. The van der Waals surface area contributed by atoms with Gasteiger partial charge in [0.2, 0.25) is 6.41 Å². The molecule has 0 bridgehead atoms. The molecule has 0 unspecified atom stereocenters. The average molecular weight is 251 g/mol. The second kappa shape index (κ2) is 4.39. The second-order valence-corrected chi connectivity index (χ2v) is 3.69. The van der Waals surface area contributed by atoms with Gasteiger partial charge in [-0.2, -0.15) is 0 Å². The number of fused-ring (bicyclic) bond motifs is 1. The number of amides is 1. The highest BCUT2D eigenvalue weighted by molar-refractivity contribution is 6.35. The number of hydrogen-bond donors (Lipinski definition) is 2. The van der Waals surface area contributed by atoms with E-state index in [0.717, 1.165) is 0 Å². The Bertz CT molecular complexity index is 613. The molecule has 86 valence electrons. The van der Waals surface area contributed by atoms with Crippen molar-refractivity contribution in [3.05, 3.63) is 35.0 Å². The van der Waals surface area contributed by atoms with Crippen molar-refractivity contribution >= 4 is 40.6 Å². The van der Waals surface area contributed by atoms with E-state index in [1.54, 1.807) is 12.1 Å². The Hall–Kier alpha value is -2.14. The lowest BCUT2D eigenvalue weighted by Crippen LogP contribution is -2.01. The summed E-state index contributed by atoms with van der Waals surface area (Å²) in [5.74, 6) is -1.14. The first kappa shape index (κ1) is 11.3. The lowest BCUT2D eigenvalue weighted by molar-refractivity contribution is -0.105. The fraction of sp³-hybridized carbons (Fsp3) is 0. The van der Waals surface area contributed by atoms with Crippen LogP contribution in [0.15, 0.2) is 24.4 Å². The zero-order valence-electron chi connectivity index (χ0n) is 8.48. The van der Waals surface area contributed by atoms with Crippen molar-refractivity contribution in [1.29, 1.82) is 0 Å². The predicted molar refractivity (Wildman–Crippen MR) is 63.4 cm³/mol. The van der Waals surface area contributed by atoms with Crippen LogP contribution in [0.2, 0.25) is 5.02 Å². The molecule has 1 aromatic heterocycles. The molecule has 0 saturated heterocycles. The maximum atomic E-state index is 11.1. The van der Waals surface area contributed by atoms with Gasteiger partial charge >= 0.3 is 5.97 Å². The molecule has 2 aromatic rings. The normalized spacial score (nSPS) is 10.2. The number of rotatable bonds is 3. The van der Waals surface area contributed by atoms with Crippen LogP contribution in [0.1, 0.15) is 10.4 Å². The highest BCUT2D eigenvalue weighted by Crippen LogP contribution is 2.26. The third-order valence-corrected chi connectivity index (χ3v) is 2.56. The van der Waals surface area contributed by atoms with Gasteiger partial charge in [0.05, 0.1) is 22.4 Å². The van der Waals surface area contributed by atoms with Gasteiger partial charge in [-0.25, -0.2) is 4.79 Å². The molecule has 2 rings (SSSR count). The van der Waals surface area contributed by atoms with E-state index in [1.807, 2.05) is 0 Å². The monoisotopic (exact) mass is 250 g/mol. The predicted octanol–water partition coefficient (Wildman–Crippen LogP) is 2.15. The molecule has 1 amide bonds. The van der Waals surface area contributed by atoms with Gasteiger partial charge in [0.15, 0.2) is 0 Å². The molecule has 6 heteroatoms. The molecule has 0 atom stereocenters. The quantitative estimate of drug-likeness (QED) is 0.818. The van der Waals surface area contributed by atoms with Crippen molar-refractivity contribution in [2.24, 2.45) is 0 Å². The van der Waals surface area contributed by atoms with Gasteiger partial charge in [-0.3, -0.25) is 9.78 Å². The number of carbonyl (C=O) groups excluding carboxylic acids is 1. The fourth-order valence-corrected chi connectivity index (χ4v) is 1.76. The van der Waals surface area contributed by atoms with Gasteiger partial charge in [0.25, 0.3) is 0 Å². The summed E-state index contributed by atoms with van der Waals surface area (Å²) < 4.78 is 0. The van der Waals surface area contributed by atoms with Crippen molar-refractivity contribution < 1.29 is 14.7 Å². The van der Waals surface area contributed by atoms with Crippen molar-refractivity contribution in [1.82, 2.24) is 4.98 Å². The number of anilines is 1. The summed E-state index contributed by atoms with van der Waals surface area (Å²) in [7, 11) is 0. The fourth-order valence-electron chi connectivity index (χ4n) is 1.53. The number of carboxylic acid groups (broad SMARTS) is 1. The summed E-state index contributed by atoms with van der Waals surface area (Å²) in [5, 5.41) is 12.2. The number of hydrogen-bond acceptors (Lipinski definition) is 3. The van der Waals surface area contributed by atoms with E-state index in [1.165, 1.54) is 12.3 Å². The van der Waals surface area contributed by atoms with Crippen LogP contribution in [0.3, 0.4) is 0 Å². The van der Waals surface area contributed by atoms with Crippen LogP contribution in [0.25, 0.3) is 10.9 Å². The summed E-state index contributed by atoms with van der Waals surface area (Å²) in [4.78, 5) is 25.3. The Morgan fingerprint density at radius 2 is 2.24 bits per heavy atom. The number of nitrogens with zero attached hydrogens (tertiary/aromatic N) is 1. The number of pyridine rings is 1. The van der Waals surface area contributed by atoms with E-state index < -0.39 is 5.97 Å². The van der Waals surface area contributed by atoms with Crippen molar-refractivity contribution in [3.8, 4) is 0 Å². The van der Waals surface area contributed by atoms with Crippen LogP contribution in [0.5, 0.6) is 0 Å². The summed E-state index contributed by atoms with van der Waals surface area (Å²) in [6, 6.07) is 4.76. The largest absolute Gasteiger partial charge is 0.478 e. The van der Waals surface area contributed by atoms with E-state index >= 15 is 0 Å². The lowest BCUT2D eigenvalue weighted by atomic mass is 10.1. The Kier molecular flexibility index (Phi) is 2.93. The summed E-state index contributed by atoms with van der Waals surface area (Å²) in [6.45, 7) is 0. The molecule has 2 N–H and O–H groups in total. The number of aromatic carboxylic acids is 1. The Balaban J connectivity index is 2.70. The van der Waals surface area contributed by atoms with E-state index in [9.17, 15) is 9.59 Å². The van der Waals surface area contributed by atoms with Crippen molar-refractivity contribution in [2.45, 2.75) is 0 Å². The van der Waals surface area contributed by atoms with Crippen LogP contribution in [-0.4, -0.2) is 22.5 Å². The summed E-state index contributed by atoms with van der Waals surface area (Å²) >= 11 is 5.81. The first-order valence-electron chi connectivity index (χ1n) is 4.65. The van der Waals surface area contributed by atoms with Crippen LogP contribution in [0, 0.1) is 0 Å². The molecule has 0 fully saturated rings. The van der Waals surface area contributed by atoms with Crippen molar-refractivity contribution in [3.63, 3.8) is 0 Å². The molecule has 5 nitrogen and oxygen atoms in total. The third kappa shape index (κ3) is 2.05. The molecular weight excluding hydrogens is 244 g/mol. The van der Waals surface area contributed by atoms with Crippen LogP contribution < -0.4 is 5.32 Å². The van der Waals surface area contributed by atoms with Gasteiger partial charge in [-0.1, -0.05) is 17.7 Å². The number of aromatic nitrogens is 1. The first-order chi connectivity index (χ1) is 8.13. The van der Waals surface area contributed by atoms with Gasteiger partial charge < -0.3 is 10.4 Å². The Morgan fingerprint density at radius 3 is 2.88 bits per heavy atom. The van der Waals surface area contributed by atoms with Crippen molar-refractivity contribution in [2.75, 3.05) is 5.32 Å². The molecule has 0 aliphatic carbocycles. The van der Waals surface area contributed by atoms with Crippen LogP contribution in [-0.2, 0) is 4.79 Å². The number of nitrogens with one attached hydrogen (secondary N) is 1. The third-order valence-electron chi connectivity index (χ3n) is 2.24. The number of halogens is 1. The van der Waals surface area contributed by atoms with Gasteiger partial charge in [0.1, 0.15) is 5.56 Å². The highest BCUT2D eigenvalue weighted by Gasteiger charge is 2.14. The summed E-state index contributed by atoms with van der Waals surface area (Å²) in [6.07, 6.45) is 1.90. The molecule has 17 heavy (non-hydrogen) atoms. The molecule has 0 saturated carbocycles. The zero-order chi connectivity index (χ0) is 12.4.